The average molecular weight is 417 g/mol. The Morgan fingerprint density at radius 1 is 1.18 bits per heavy atom. The number of hydrogen-bond donors (Lipinski definition) is 1. The molecule has 0 radical (unpaired) electrons. The van der Waals surface area contributed by atoms with Crippen LogP contribution in [0.15, 0.2) is 24.3 Å². The highest BCUT2D eigenvalue weighted by atomic mass is 35.5. The van der Waals surface area contributed by atoms with Crippen LogP contribution >= 0.6 is 22.9 Å². The van der Waals surface area contributed by atoms with Gasteiger partial charge in [0, 0.05) is 47.3 Å². The molecule has 2 aliphatic rings. The van der Waals surface area contributed by atoms with Crippen molar-refractivity contribution in [1.82, 2.24) is 4.90 Å². The second kappa shape index (κ2) is 8.36. The number of fused-ring (bicyclic) bond motifs is 1. The first-order valence-corrected chi connectivity index (χ1v) is 11.1. The minimum absolute atomic E-state index is 0.0924. The number of hydrogen-bond acceptors (Lipinski definition) is 4. The Balaban J connectivity index is 1.48. The predicted octanol–water partition coefficient (Wildman–Crippen LogP) is 4.01. The molecule has 2 aromatic rings. The van der Waals surface area contributed by atoms with Gasteiger partial charge in [-0.25, -0.2) is 0 Å². The Kier molecular flexibility index (Phi) is 5.85. The van der Waals surface area contributed by atoms with Gasteiger partial charge in [-0.2, -0.15) is 0 Å². The zero-order valence-corrected chi connectivity index (χ0v) is 17.5. The number of thiophene rings is 1. The van der Waals surface area contributed by atoms with Crippen LogP contribution in [0.3, 0.4) is 0 Å². The van der Waals surface area contributed by atoms with E-state index in [2.05, 4.69) is 4.90 Å². The van der Waals surface area contributed by atoms with E-state index in [0.29, 0.717) is 17.0 Å². The topological polar surface area (TPSA) is 63.4 Å². The van der Waals surface area contributed by atoms with Crippen molar-refractivity contribution in [2.45, 2.75) is 45.1 Å². The number of nitrogens with zero attached hydrogens (tertiary/aromatic N) is 1. The molecule has 1 aliphatic heterocycles. The van der Waals surface area contributed by atoms with E-state index in [4.69, 9.17) is 17.3 Å². The molecule has 1 amide bonds. The van der Waals surface area contributed by atoms with Crippen molar-refractivity contribution in [3.8, 4) is 0 Å². The molecule has 1 fully saturated rings. The number of benzene rings is 1. The lowest BCUT2D eigenvalue weighted by atomic mass is 9.84. The lowest BCUT2D eigenvalue weighted by molar-refractivity contribution is -0.117. The monoisotopic (exact) mass is 416 g/mol. The number of carbonyl (C=O) groups excluding carboxylic acids is 2. The van der Waals surface area contributed by atoms with Gasteiger partial charge < -0.3 is 5.73 Å². The van der Waals surface area contributed by atoms with Crippen LogP contribution in [0.5, 0.6) is 0 Å². The first kappa shape index (κ1) is 19.6. The number of primary amides is 1. The predicted molar refractivity (Wildman–Crippen MR) is 113 cm³/mol. The normalized spacial score (nSPS) is 17.2. The highest BCUT2D eigenvalue weighted by molar-refractivity contribution is 7.12. The highest BCUT2D eigenvalue weighted by Crippen LogP contribution is 2.35. The van der Waals surface area contributed by atoms with Gasteiger partial charge in [-0.1, -0.05) is 30.2 Å². The van der Waals surface area contributed by atoms with Crippen molar-refractivity contribution < 1.29 is 9.59 Å². The minimum atomic E-state index is -0.403. The van der Waals surface area contributed by atoms with E-state index >= 15 is 0 Å². The van der Waals surface area contributed by atoms with Crippen LogP contribution in [0.25, 0.3) is 0 Å². The van der Waals surface area contributed by atoms with E-state index in [1.165, 1.54) is 24.1 Å². The molecular weight excluding hydrogens is 392 g/mol. The molecule has 0 atom stereocenters. The third-order valence-corrected chi connectivity index (χ3v) is 7.34. The molecule has 1 aromatic heterocycles. The summed E-state index contributed by atoms with van der Waals surface area (Å²) < 4.78 is 0. The molecule has 1 saturated carbocycles. The van der Waals surface area contributed by atoms with Gasteiger partial charge in [0.15, 0.2) is 0 Å². The Morgan fingerprint density at radius 2 is 1.93 bits per heavy atom. The zero-order chi connectivity index (χ0) is 19.7. The van der Waals surface area contributed by atoms with Crippen LogP contribution in [-0.4, -0.2) is 29.7 Å². The quantitative estimate of drug-likeness (QED) is 0.741. The van der Waals surface area contributed by atoms with Gasteiger partial charge in [-0.3, -0.25) is 14.5 Å². The Bertz CT molecular complexity index is 887. The van der Waals surface area contributed by atoms with Crippen LogP contribution in [0.2, 0.25) is 5.02 Å². The van der Waals surface area contributed by atoms with Gasteiger partial charge in [0.05, 0.1) is 5.56 Å². The maximum Gasteiger partial charge on any atom is 0.250 e. The van der Waals surface area contributed by atoms with Gasteiger partial charge in [0.2, 0.25) is 5.91 Å². The summed E-state index contributed by atoms with van der Waals surface area (Å²) in [5.74, 6) is 0.520. The van der Waals surface area contributed by atoms with Gasteiger partial charge >= 0.3 is 0 Å². The van der Waals surface area contributed by atoms with E-state index in [-0.39, 0.29) is 12.2 Å². The molecule has 0 spiro atoms. The van der Waals surface area contributed by atoms with Crippen LogP contribution in [-0.2, 0) is 30.6 Å². The fourth-order valence-electron chi connectivity index (χ4n) is 4.19. The second-order valence-electron chi connectivity index (χ2n) is 7.97. The molecule has 0 unspecified atom stereocenters. The Labute approximate surface area is 174 Å². The van der Waals surface area contributed by atoms with Crippen LogP contribution < -0.4 is 5.73 Å². The SMILES string of the molecule is NC(=O)c1c(CC(=O)Cc2ccc(Cl)cc2)sc2c1CCN(CC1CCC1)C2. The lowest BCUT2D eigenvalue weighted by Crippen LogP contribution is -2.36. The van der Waals surface area contributed by atoms with E-state index in [9.17, 15) is 9.59 Å². The van der Waals surface area contributed by atoms with E-state index in [1.807, 2.05) is 12.1 Å². The van der Waals surface area contributed by atoms with Crippen molar-refractivity contribution in [2.24, 2.45) is 11.7 Å². The first-order valence-electron chi connectivity index (χ1n) is 9.91. The summed E-state index contributed by atoms with van der Waals surface area (Å²) in [5.41, 5.74) is 8.32. The maximum atomic E-state index is 12.6. The van der Waals surface area contributed by atoms with Crippen molar-refractivity contribution in [3.63, 3.8) is 0 Å². The molecule has 2 heterocycles. The lowest BCUT2D eigenvalue weighted by Gasteiger charge is -2.34. The largest absolute Gasteiger partial charge is 0.366 e. The number of amides is 1. The molecule has 4 nitrogen and oxygen atoms in total. The third-order valence-electron chi connectivity index (χ3n) is 5.87. The Morgan fingerprint density at radius 3 is 2.57 bits per heavy atom. The fourth-order valence-corrected chi connectivity index (χ4v) is 5.75. The summed E-state index contributed by atoms with van der Waals surface area (Å²) >= 11 is 7.51. The van der Waals surface area contributed by atoms with Crippen LogP contribution in [0, 0.1) is 5.92 Å². The number of nitrogens with two attached hydrogens (primary N) is 1. The molecule has 0 bridgehead atoms. The van der Waals surface area contributed by atoms with Gasteiger partial charge in [0.1, 0.15) is 5.78 Å². The van der Waals surface area contributed by atoms with E-state index < -0.39 is 5.91 Å². The summed E-state index contributed by atoms with van der Waals surface area (Å²) in [6.07, 6.45) is 5.49. The third kappa shape index (κ3) is 4.32. The van der Waals surface area contributed by atoms with Crippen molar-refractivity contribution >= 4 is 34.6 Å². The number of rotatable bonds is 7. The van der Waals surface area contributed by atoms with Crippen LogP contribution in [0.1, 0.15) is 50.5 Å². The van der Waals surface area contributed by atoms with E-state index in [0.717, 1.165) is 48.0 Å². The standard InChI is InChI=1S/C22H25ClN2O2S/c23-16-6-4-14(5-7-16)10-17(26)11-19-21(22(24)27)18-8-9-25(13-20(18)28-19)12-15-2-1-3-15/h4-7,15H,1-3,8-13H2,(H2,24,27). The van der Waals surface area contributed by atoms with Crippen molar-refractivity contribution in [2.75, 3.05) is 13.1 Å². The summed E-state index contributed by atoms with van der Waals surface area (Å²) in [6.45, 7) is 2.99. The summed E-state index contributed by atoms with van der Waals surface area (Å²) in [6, 6.07) is 7.32. The second-order valence-corrected chi connectivity index (χ2v) is 9.59. The van der Waals surface area contributed by atoms with E-state index in [1.54, 1.807) is 23.5 Å². The van der Waals surface area contributed by atoms with Gasteiger partial charge in [0.25, 0.3) is 0 Å². The fraction of sp³-hybridized carbons (Fsp3) is 0.455. The summed E-state index contributed by atoms with van der Waals surface area (Å²) in [5, 5.41) is 0.657. The summed E-state index contributed by atoms with van der Waals surface area (Å²) in [4.78, 5) is 29.3. The molecule has 4 rings (SSSR count). The maximum absolute atomic E-state index is 12.6. The molecule has 1 aliphatic carbocycles. The smallest absolute Gasteiger partial charge is 0.250 e. The molecule has 1 aromatic carbocycles. The molecule has 0 saturated heterocycles. The van der Waals surface area contributed by atoms with Crippen LogP contribution in [0.4, 0.5) is 0 Å². The molecule has 6 heteroatoms. The van der Waals surface area contributed by atoms with Crippen molar-refractivity contribution in [3.05, 3.63) is 55.7 Å². The number of carbonyl (C=O) groups is 2. The molecule has 2 N–H and O–H groups in total. The molecular formula is C22H25ClN2O2S. The van der Waals surface area contributed by atoms with Gasteiger partial charge in [-0.15, -0.1) is 11.3 Å². The molecule has 28 heavy (non-hydrogen) atoms. The average Bonchev–Trinajstić information content (AvgIpc) is 2.97. The summed E-state index contributed by atoms with van der Waals surface area (Å²) in [7, 11) is 0. The Hall–Kier alpha value is -1.69. The molecule has 148 valence electrons. The number of Topliss-reactive ketones (excluding diaryl/α,β-unsaturated/α-hetero) is 1. The zero-order valence-electron chi connectivity index (χ0n) is 15.9. The number of ketones is 1. The first-order chi connectivity index (χ1) is 13.5. The van der Waals surface area contributed by atoms with Gasteiger partial charge in [-0.05, 0) is 48.4 Å². The highest BCUT2D eigenvalue weighted by Gasteiger charge is 2.29. The van der Waals surface area contributed by atoms with Crippen molar-refractivity contribution in [1.29, 1.82) is 0 Å². The minimum Gasteiger partial charge on any atom is -0.366 e. The number of halogens is 1.